The van der Waals surface area contributed by atoms with Gasteiger partial charge >= 0.3 is 0 Å². The predicted octanol–water partition coefficient (Wildman–Crippen LogP) is 12.7. The van der Waals surface area contributed by atoms with Gasteiger partial charge < -0.3 is 24.6 Å². The number of piperazine rings is 2. The molecule has 2 saturated heterocycles. The number of pyridine rings is 2. The third kappa shape index (κ3) is 14.3. The van der Waals surface area contributed by atoms with Crippen LogP contribution in [0.25, 0.3) is 21.5 Å². The van der Waals surface area contributed by atoms with Crippen LogP contribution in [0.1, 0.15) is 109 Å². The van der Waals surface area contributed by atoms with Gasteiger partial charge in [0.15, 0.2) is 0 Å². The van der Waals surface area contributed by atoms with Crippen LogP contribution < -0.4 is 24.6 Å². The van der Waals surface area contributed by atoms with Crippen LogP contribution in [0, 0.1) is 22.7 Å². The lowest BCUT2D eigenvalue weighted by Gasteiger charge is -2.37. The van der Waals surface area contributed by atoms with Crippen LogP contribution in [0.5, 0.6) is 11.5 Å². The first-order valence-electron chi connectivity index (χ1n) is 26.0. The Labute approximate surface area is 413 Å². The molecule has 4 fully saturated rings. The van der Waals surface area contributed by atoms with Gasteiger partial charge in [-0.1, -0.05) is 90.1 Å². The maximum atomic E-state index is 10.9. The molecule has 2 aliphatic heterocycles. The second-order valence-electron chi connectivity index (χ2n) is 22.0. The minimum atomic E-state index is 0.334. The molecular weight excluding hydrogens is 853 g/mol. The molecule has 9 nitrogen and oxygen atoms in total. The van der Waals surface area contributed by atoms with Crippen molar-refractivity contribution in [2.24, 2.45) is 22.7 Å². The summed E-state index contributed by atoms with van der Waals surface area (Å²) >= 11 is 0. The summed E-state index contributed by atoms with van der Waals surface area (Å²) in [5.74, 6) is 5.77. The van der Waals surface area contributed by atoms with Crippen LogP contribution in [-0.2, 0) is 6.54 Å². The molecule has 9 heteroatoms. The summed E-state index contributed by atoms with van der Waals surface area (Å²) in [6.45, 7) is 23.6. The highest BCUT2D eigenvalue weighted by atomic mass is 16.5. The van der Waals surface area contributed by atoms with Gasteiger partial charge in [-0.25, -0.2) is 9.97 Å². The molecule has 2 aromatic heterocycles. The Hall–Kier alpha value is -5.51. The lowest BCUT2D eigenvalue weighted by molar-refractivity contribution is 0.0881. The van der Waals surface area contributed by atoms with Gasteiger partial charge in [-0.05, 0) is 162 Å². The Morgan fingerprint density at radius 1 is 0.536 bits per heavy atom. The van der Waals surface area contributed by atoms with Crippen molar-refractivity contribution in [3.63, 3.8) is 0 Å². The average molecular weight is 931 g/mol. The quantitative estimate of drug-likeness (QED) is 0.143. The normalized spacial score (nSPS) is 21.4. The number of nitrogens with zero attached hydrogens (tertiary/aromatic N) is 5. The number of anilines is 2. The Bertz CT molecular complexity index is 2510. The zero-order valence-corrected chi connectivity index (χ0v) is 42.4. The number of aromatic nitrogens is 2. The highest BCUT2D eigenvalue weighted by Gasteiger charge is 2.32. The van der Waals surface area contributed by atoms with Crippen molar-refractivity contribution in [1.29, 1.82) is 0 Å². The summed E-state index contributed by atoms with van der Waals surface area (Å²) in [6, 6.07) is 37.6. The van der Waals surface area contributed by atoms with Crippen molar-refractivity contribution in [2.75, 3.05) is 62.2 Å². The molecule has 4 aromatic carbocycles. The van der Waals surface area contributed by atoms with Crippen LogP contribution in [0.4, 0.5) is 11.6 Å². The lowest BCUT2D eigenvalue weighted by atomic mass is 9.72. The molecule has 4 heterocycles. The molecule has 0 amide bonds. The topological polar surface area (TPSA) is 83.1 Å². The fourth-order valence-electron chi connectivity index (χ4n) is 10.7. The van der Waals surface area contributed by atoms with Gasteiger partial charge in [0, 0.05) is 76.9 Å². The molecule has 0 spiro atoms. The molecule has 1 N–H and O–H groups in total. The molecule has 6 aromatic rings. The summed E-state index contributed by atoms with van der Waals surface area (Å²) in [6.07, 6.45) is 15.0. The minimum Gasteiger partial charge on any atom is -0.490 e. The Morgan fingerprint density at radius 2 is 1.00 bits per heavy atom. The molecule has 0 unspecified atom stereocenters. The Balaban J connectivity index is 0.000000157. The summed E-state index contributed by atoms with van der Waals surface area (Å²) < 4.78 is 12.6. The van der Waals surface area contributed by atoms with Crippen LogP contribution in [0.2, 0.25) is 0 Å². The third-order valence-corrected chi connectivity index (χ3v) is 15.1. The molecule has 0 bridgehead atoms. The monoisotopic (exact) mass is 931 g/mol. The van der Waals surface area contributed by atoms with Crippen LogP contribution in [0.15, 0.2) is 122 Å². The highest BCUT2D eigenvalue weighted by molar-refractivity contribution is 5.89. The third-order valence-electron chi connectivity index (χ3n) is 15.1. The zero-order valence-electron chi connectivity index (χ0n) is 42.4. The molecule has 4 aliphatic rings. The summed E-state index contributed by atoms with van der Waals surface area (Å²) in [4.78, 5) is 26.9. The fourth-order valence-corrected chi connectivity index (χ4v) is 10.7. The van der Waals surface area contributed by atoms with E-state index in [0.29, 0.717) is 28.6 Å². The lowest BCUT2D eigenvalue weighted by Crippen LogP contribution is -2.46. The van der Waals surface area contributed by atoms with E-state index in [4.69, 9.17) is 9.47 Å². The van der Waals surface area contributed by atoms with Gasteiger partial charge in [0.1, 0.15) is 29.4 Å². The number of rotatable bonds is 9. The number of hydrogen-bond donors (Lipinski definition) is 1. The summed E-state index contributed by atoms with van der Waals surface area (Å²) in [5.41, 5.74) is 2.92. The maximum Gasteiger partial charge on any atom is 0.150 e. The van der Waals surface area contributed by atoms with Crippen LogP contribution in [0.3, 0.4) is 0 Å². The van der Waals surface area contributed by atoms with Gasteiger partial charge in [-0.2, -0.15) is 0 Å². The number of nitrogens with one attached hydrogen (secondary N) is 1. The second-order valence-corrected chi connectivity index (χ2v) is 22.0. The number of benzene rings is 4. The van der Waals surface area contributed by atoms with Gasteiger partial charge in [0.05, 0.1) is 12.2 Å². The van der Waals surface area contributed by atoms with Crippen molar-refractivity contribution in [3.8, 4) is 11.5 Å². The summed E-state index contributed by atoms with van der Waals surface area (Å²) in [7, 11) is 0. The maximum absolute atomic E-state index is 10.9. The van der Waals surface area contributed by atoms with Gasteiger partial charge in [0.25, 0.3) is 0 Å². The standard InChI is InChI=1S/C30H39N3O.C21H26O2.C9H13N3/c1-30(2,3)26-10-13-27(14-11-26)34-28-12-9-24-20-23(7-8-25(24)21-28)22-32-16-18-33(19-17-32)29-6-4-5-15-31-29;1-21(2,3)18-7-10-19(11-8-18)23-20-9-6-16-12-15(14-22)4-5-17(16)13-20;1-2-4-11-9(3-1)12-7-5-10-6-8-12/h4-9,12,15,20-21,26-27H,10-11,13-14,16-19,22H2,1-3H3;4-6,9,12-14,18-19H,7-8,10-11H2,1-3H3;1-4,10H,5-8H2. The molecule has 10 rings (SSSR count). The van der Waals surface area contributed by atoms with Gasteiger partial charge in [-0.15, -0.1) is 0 Å². The SMILES string of the molecule is CC(C)(C)C1CCC(Oc2ccc3cc(C=O)ccc3c2)CC1.CC(C)(C)C1CCC(Oc2ccc3cc(CN4CCN(c5ccccn5)CC4)ccc3c2)CC1.c1ccc(N2CCNCC2)nc1. The number of carbonyl (C=O) groups is 1. The number of fused-ring (bicyclic) bond motifs is 2. The molecule has 2 saturated carbocycles. The van der Waals surface area contributed by atoms with E-state index in [1.807, 2.05) is 60.9 Å². The van der Waals surface area contributed by atoms with Crippen LogP contribution >= 0.6 is 0 Å². The van der Waals surface area contributed by atoms with Gasteiger partial charge in [-0.3, -0.25) is 9.69 Å². The van der Waals surface area contributed by atoms with Crippen molar-refractivity contribution in [1.82, 2.24) is 20.2 Å². The molecule has 0 radical (unpaired) electrons. The first kappa shape index (κ1) is 49.9. The number of aldehydes is 1. The van der Waals surface area contributed by atoms with E-state index in [-0.39, 0.29) is 0 Å². The molecule has 366 valence electrons. The van der Waals surface area contributed by atoms with Crippen molar-refractivity contribution >= 4 is 39.5 Å². The van der Waals surface area contributed by atoms with E-state index in [2.05, 4.69) is 132 Å². The average Bonchev–Trinajstić information content (AvgIpc) is 3.37. The fraction of sp³-hybridized carbons (Fsp3) is 0.483. The van der Waals surface area contributed by atoms with Crippen molar-refractivity contribution < 1.29 is 14.3 Å². The van der Waals surface area contributed by atoms with E-state index >= 15 is 0 Å². The Morgan fingerprint density at radius 3 is 1.48 bits per heavy atom. The minimum absolute atomic E-state index is 0.334. The molecule has 69 heavy (non-hydrogen) atoms. The number of carbonyl (C=O) groups excluding carboxylic acids is 1. The Kier molecular flexibility index (Phi) is 16.9. The smallest absolute Gasteiger partial charge is 0.150 e. The largest absolute Gasteiger partial charge is 0.490 e. The molecular formula is C60H78N6O3. The number of hydrogen-bond acceptors (Lipinski definition) is 9. The predicted molar refractivity (Wildman–Crippen MR) is 286 cm³/mol. The van der Waals surface area contributed by atoms with E-state index in [1.165, 1.54) is 54.9 Å². The van der Waals surface area contributed by atoms with E-state index in [9.17, 15) is 4.79 Å². The van der Waals surface area contributed by atoms with E-state index in [1.54, 1.807) is 0 Å². The molecule has 0 atom stereocenters. The summed E-state index contributed by atoms with van der Waals surface area (Å²) in [5, 5.41) is 8.09. The van der Waals surface area contributed by atoms with Crippen molar-refractivity contribution in [2.45, 2.75) is 112 Å². The zero-order chi connectivity index (χ0) is 48.2. The van der Waals surface area contributed by atoms with Gasteiger partial charge in [0.2, 0.25) is 0 Å². The first-order valence-corrected chi connectivity index (χ1v) is 26.0. The first-order chi connectivity index (χ1) is 33.4. The van der Waals surface area contributed by atoms with Crippen LogP contribution in [-0.4, -0.2) is 85.7 Å². The number of ether oxygens (including phenoxy) is 2. The highest BCUT2D eigenvalue weighted by Crippen LogP contribution is 2.40. The van der Waals surface area contributed by atoms with E-state index < -0.39 is 0 Å². The molecule has 2 aliphatic carbocycles. The second kappa shape index (κ2) is 23.4. The van der Waals surface area contributed by atoms with Crippen molar-refractivity contribution in [3.05, 3.63) is 133 Å². The van der Waals surface area contributed by atoms with E-state index in [0.717, 1.165) is 124 Å².